The first-order valence-corrected chi connectivity index (χ1v) is 11.5. The molecule has 3 aromatic carbocycles. The smallest absolute Gasteiger partial charge is 0.306 e. The molecule has 0 aromatic heterocycles. The van der Waals surface area contributed by atoms with Crippen molar-refractivity contribution in [2.75, 3.05) is 0 Å². The van der Waals surface area contributed by atoms with Crippen molar-refractivity contribution in [2.24, 2.45) is 5.92 Å². The number of hydrogen-bond acceptors (Lipinski definition) is 3. The van der Waals surface area contributed by atoms with Gasteiger partial charge in [0.25, 0.3) is 0 Å². The second kappa shape index (κ2) is 9.17. The minimum Gasteiger partial charge on any atom is -0.489 e. The maximum Gasteiger partial charge on any atom is 0.306 e. The van der Waals surface area contributed by atoms with Gasteiger partial charge in [-0.25, -0.2) is 0 Å². The second-order valence-electron chi connectivity index (χ2n) is 9.03. The standard InChI is InChI=1S/C28H29NO3/c30-28(31)23-15-24(16-23)29-27-8-4-7-22-17-25(13-14-26(22)27)32-18-19-9-11-21(12-10-19)20-5-2-1-3-6-20/h1-3,5-6,9-14,17,23-24,27,29H,4,7-8,15-16,18H2,(H,30,31). The van der Waals surface area contributed by atoms with E-state index in [4.69, 9.17) is 9.84 Å². The van der Waals surface area contributed by atoms with Crippen LogP contribution in [-0.4, -0.2) is 17.1 Å². The predicted octanol–water partition coefficient (Wildman–Crippen LogP) is 5.76. The third kappa shape index (κ3) is 4.56. The molecule has 2 aliphatic carbocycles. The molecule has 0 spiro atoms. The summed E-state index contributed by atoms with van der Waals surface area (Å²) >= 11 is 0. The van der Waals surface area contributed by atoms with Crippen LogP contribution in [0.15, 0.2) is 72.8 Å². The van der Waals surface area contributed by atoms with Crippen LogP contribution in [0.1, 0.15) is 48.4 Å². The van der Waals surface area contributed by atoms with E-state index in [0.29, 0.717) is 18.7 Å². The molecule has 1 unspecified atom stereocenters. The van der Waals surface area contributed by atoms with Crippen LogP contribution in [-0.2, 0) is 17.8 Å². The van der Waals surface area contributed by atoms with Gasteiger partial charge in [-0.05, 0) is 72.1 Å². The van der Waals surface area contributed by atoms with Crippen LogP contribution >= 0.6 is 0 Å². The van der Waals surface area contributed by atoms with Gasteiger partial charge in [-0.1, -0.05) is 60.7 Å². The molecule has 0 amide bonds. The van der Waals surface area contributed by atoms with Gasteiger partial charge in [0.1, 0.15) is 12.4 Å². The molecule has 4 nitrogen and oxygen atoms in total. The van der Waals surface area contributed by atoms with Crippen molar-refractivity contribution in [3.05, 3.63) is 89.5 Å². The van der Waals surface area contributed by atoms with Crippen LogP contribution in [0.25, 0.3) is 11.1 Å². The van der Waals surface area contributed by atoms with Gasteiger partial charge in [-0.2, -0.15) is 0 Å². The summed E-state index contributed by atoms with van der Waals surface area (Å²) in [6.07, 6.45) is 4.80. The van der Waals surface area contributed by atoms with Crippen LogP contribution in [0, 0.1) is 5.92 Å². The molecule has 1 atom stereocenters. The second-order valence-corrected chi connectivity index (χ2v) is 9.03. The number of carboxylic acids is 1. The largest absolute Gasteiger partial charge is 0.489 e. The van der Waals surface area contributed by atoms with E-state index in [9.17, 15) is 4.79 Å². The van der Waals surface area contributed by atoms with Crippen molar-refractivity contribution >= 4 is 5.97 Å². The highest BCUT2D eigenvalue weighted by atomic mass is 16.5. The average molecular weight is 428 g/mol. The van der Waals surface area contributed by atoms with Crippen molar-refractivity contribution in [3.63, 3.8) is 0 Å². The Kier molecular flexibility index (Phi) is 5.95. The van der Waals surface area contributed by atoms with Crippen LogP contribution in [0.4, 0.5) is 0 Å². The maximum atomic E-state index is 11.1. The van der Waals surface area contributed by atoms with Crippen molar-refractivity contribution in [3.8, 4) is 16.9 Å². The van der Waals surface area contributed by atoms with Crippen LogP contribution < -0.4 is 10.1 Å². The fourth-order valence-electron chi connectivity index (χ4n) is 4.88. The van der Waals surface area contributed by atoms with E-state index in [0.717, 1.165) is 43.4 Å². The van der Waals surface area contributed by atoms with Crippen molar-refractivity contribution in [2.45, 2.75) is 50.8 Å². The number of hydrogen-bond donors (Lipinski definition) is 2. The number of carbonyl (C=O) groups is 1. The summed E-state index contributed by atoms with van der Waals surface area (Å²) in [7, 11) is 0. The molecule has 2 N–H and O–H groups in total. The van der Waals surface area contributed by atoms with Crippen molar-refractivity contribution < 1.29 is 14.6 Å². The Morgan fingerprint density at radius 2 is 1.72 bits per heavy atom. The zero-order chi connectivity index (χ0) is 21.9. The summed E-state index contributed by atoms with van der Waals surface area (Å²) in [5, 5.41) is 12.8. The normalized spacial score (nSPS) is 21.9. The van der Waals surface area contributed by atoms with Crippen molar-refractivity contribution in [1.82, 2.24) is 5.32 Å². The molecule has 3 aromatic rings. The third-order valence-electron chi connectivity index (χ3n) is 6.82. The zero-order valence-corrected chi connectivity index (χ0v) is 18.2. The summed E-state index contributed by atoms with van der Waals surface area (Å²) < 4.78 is 6.11. The molecule has 2 aliphatic rings. The zero-order valence-electron chi connectivity index (χ0n) is 18.2. The van der Waals surface area contributed by atoms with Crippen LogP contribution in [0.2, 0.25) is 0 Å². The van der Waals surface area contributed by atoms with E-state index in [1.54, 1.807) is 0 Å². The molecule has 4 heteroatoms. The van der Waals surface area contributed by atoms with E-state index < -0.39 is 5.97 Å². The fraction of sp³-hybridized carbons (Fsp3) is 0.321. The highest BCUT2D eigenvalue weighted by molar-refractivity contribution is 5.71. The Hall–Kier alpha value is -3.11. The highest BCUT2D eigenvalue weighted by Crippen LogP contribution is 2.36. The third-order valence-corrected chi connectivity index (χ3v) is 6.82. The highest BCUT2D eigenvalue weighted by Gasteiger charge is 2.36. The molecular formula is C28H29NO3. The minimum atomic E-state index is -0.663. The molecular weight excluding hydrogens is 398 g/mol. The SMILES string of the molecule is O=C(O)C1CC(NC2CCCc3cc(OCc4ccc(-c5ccccc5)cc4)ccc32)C1. The summed E-state index contributed by atoms with van der Waals surface area (Å²) in [6, 6.07) is 26.0. The summed E-state index contributed by atoms with van der Waals surface area (Å²) in [5.74, 6) is 0.0720. The number of ether oxygens (including phenoxy) is 1. The van der Waals surface area contributed by atoms with Gasteiger partial charge in [-0.3, -0.25) is 4.79 Å². The van der Waals surface area contributed by atoms with Gasteiger partial charge in [0, 0.05) is 12.1 Å². The molecule has 164 valence electrons. The fourth-order valence-corrected chi connectivity index (χ4v) is 4.88. The Bertz CT molecular complexity index is 1070. The van der Waals surface area contributed by atoms with Gasteiger partial charge < -0.3 is 15.2 Å². The van der Waals surface area contributed by atoms with Gasteiger partial charge >= 0.3 is 5.97 Å². The van der Waals surface area contributed by atoms with Gasteiger partial charge in [0.05, 0.1) is 5.92 Å². The summed E-state index contributed by atoms with van der Waals surface area (Å²) in [4.78, 5) is 11.1. The monoisotopic (exact) mass is 427 g/mol. The van der Waals surface area contributed by atoms with Crippen molar-refractivity contribution in [1.29, 1.82) is 0 Å². The Labute approximate surface area is 189 Å². The number of aryl methyl sites for hydroxylation is 1. The van der Waals surface area contributed by atoms with E-state index in [-0.39, 0.29) is 5.92 Å². The Balaban J connectivity index is 1.19. The topological polar surface area (TPSA) is 58.6 Å². The summed E-state index contributed by atoms with van der Waals surface area (Å²) in [6.45, 7) is 0.550. The van der Waals surface area contributed by atoms with E-state index >= 15 is 0 Å². The first kappa shape index (κ1) is 20.8. The number of benzene rings is 3. The average Bonchev–Trinajstić information content (AvgIpc) is 2.80. The molecule has 5 rings (SSSR count). The van der Waals surface area contributed by atoms with E-state index in [2.05, 4.69) is 72.0 Å². The van der Waals surface area contributed by atoms with Gasteiger partial charge in [0.15, 0.2) is 0 Å². The number of rotatable bonds is 7. The molecule has 1 fully saturated rings. The van der Waals surface area contributed by atoms with Crippen LogP contribution in [0.3, 0.4) is 0 Å². The lowest BCUT2D eigenvalue weighted by atomic mass is 9.78. The van der Waals surface area contributed by atoms with E-state index in [1.807, 2.05) is 6.07 Å². The molecule has 0 bridgehead atoms. The number of carboxylic acid groups (broad SMARTS) is 1. The number of aliphatic carboxylic acids is 1. The molecule has 0 saturated heterocycles. The van der Waals surface area contributed by atoms with Gasteiger partial charge in [0.2, 0.25) is 0 Å². The predicted molar refractivity (Wildman–Crippen MR) is 126 cm³/mol. The number of fused-ring (bicyclic) bond motifs is 1. The Morgan fingerprint density at radius 1 is 0.969 bits per heavy atom. The maximum absolute atomic E-state index is 11.1. The lowest BCUT2D eigenvalue weighted by Gasteiger charge is -2.38. The van der Waals surface area contributed by atoms with E-state index in [1.165, 1.54) is 22.3 Å². The quantitative estimate of drug-likeness (QED) is 0.503. The Morgan fingerprint density at radius 3 is 2.47 bits per heavy atom. The lowest BCUT2D eigenvalue weighted by molar-refractivity contribution is -0.145. The summed E-state index contributed by atoms with van der Waals surface area (Å²) in [5.41, 5.74) is 6.27. The molecule has 0 radical (unpaired) electrons. The minimum absolute atomic E-state index is 0.173. The molecule has 1 saturated carbocycles. The molecule has 32 heavy (non-hydrogen) atoms. The molecule has 0 aliphatic heterocycles. The lowest BCUT2D eigenvalue weighted by Crippen LogP contribution is -2.46. The van der Waals surface area contributed by atoms with Gasteiger partial charge in [-0.15, -0.1) is 0 Å². The number of nitrogens with one attached hydrogen (secondary N) is 1. The van der Waals surface area contributed by atoms with Crippen LogP contribution in [0.5, 0.6) is 5.75 Å². The molecule has 0 heterocycles. The first-order chi connectivity index (χ1) is 15.7. The first-order valence-electron chi connectivity index (χ1n) is 11.5.